The van der Waals surface area contributed by atoms with Crippen molar-refractivity contribution in [2.75, 3.05) is 12.4 Å². The third-order valence-electron chi connectivity index (χ3n) is 2.83. The molecule has 4 nitrogen and oxygen atoms in total. The molecule has 0 fully saturated rings. The molecule has 0 radical (unpaired) electrons. The summed E-state index contributed by atoms with van der Waals surface area (Å²) in [5, 5.41) is 3.40. The summed E-state index contributed by atoms with van der Waals surface area (Å²) in [6.07, 6.45) is -0.627. The molecule has 2 aromatic carbocycles. The third-order valence-corrected chi connectivity index (χ3v) is 3.08. The Kier molecular flexibility index (Phi) is 5.06. The monoisotopic (exact) mass is 305 g/mol. The van der Waals surface area contributed by atoms with E-state index in [0.717, 1.165) is 0 Å². The smallest absolute Gasteiger partial charge is 0.265 e. The van der Waals surface area contributed by atoms with Gasteiger partial charge >= 0.3 is 0 Å². The maximum absolute atomic E-state index is 12.1. The normalized spacial score (nSPS) is 11.6. The van der Waals surface area contributed by atoms with Crippen molar-refractivity contribution in [3.05, 3.63) is 53.6 Å². The van der Waals surface area contributed by atoms with Gasteiger partial charge in [0.1, 0.15) is 11.5 Å². The first-order valence-corrected chi connectivity index (χ1v) is 6.83. The van der Waals surface area contributed by atoms with Gasteiger partial charge in [-0.05, 0) is 43.3 Å². The van der Waals surface area contributed by atoms with E-state index in [4.69, 9.17) is 21.1 Å². The van der Waals surface area contributed by atoms with Gasteiger partial charge in [-0.2, -0.15) is 0 Å². The first kappa shape index (κ1) is 15.2. The van der Waals surface area contributed by atoms with Crippen molar-refractivity contribution < 1.29 is 14.3 Å². The molecule has 1 N–H and O–H groups in total. The van der Waals surface area contributed by atoms with Crippen molar-refractivity contribution in [1.29, 1.82) is 0 Å². The zero-order valence-electron chi connectivity index (χ0n) is 11.8. The number of rotatable bonds is 5. The fourth-order valence-corrected chi connectivity index (χ4v) is 1.84. The Hall–Kier alpha value is -2.20. The molecule has 21 heavy (non-hydrogen) atoms. The number of nitrogens with one attached hydrogen (secondary N) is 1. The van der Waals surface area contributed by atoms with Gasteiger partial charge in [0.05, 0.1) is 7.11 Å². The van der Waals surface area contributed by atoms with Crippen LogP contribution in [0.1, 0.15) is 6.92 Å². The molecule has 5 heteroatoms. The van der Waals surface area contributed by atoms with Crippen LogP contribution in [0.4, 0.5) is 5.69 Å². The Morgan fingerprint density at radius 3 is 2.52 bits per heavy atom. The second kappa shape index (κ2) is 6.99. The van der Waals surface area contributed by atoms with Crippen LogP contribution in [0.5, 0.6) is 11.5 Å². The van der Waals surface area contributed by atoms with Crippen LogP contribution in [0.15, 0.2) is 48.5 Å². The molecule has 0 aliphatic heterocycles. The lowest BCUT2D eigenvalue weighted by molar-refractivity contribution is -0.122. The number of amides is 1. The Labute approximate surface area is 128 Å². The van der Waals surface area contributed by atoms with Crippen LogP contribution in [-0.4, -0.2) is 19.1 Å². The van der Waals surface area contributed by atoms with Crippen LogP contribution in [0.3, 0.4) is 0 Å². The number of halogens is 1. The van der Waals surface area contributed by atoms with E-state index < -0.39 is 6.10 Å². The Morgan fingerprint density at radius 2 is 1.86 bits per heavy atom. The van der Waals surface area contributed by atoms with E-state index in [-0.39, 0.29) is 5.91 Å². The Bertz CT molecular complexity index is 613. The van der Waals surface area contributed by atoms with E-state index in [9.17, 15) is 4.79 Å². The predicted molar refractivity (Wildman–Crippen MR) is 83.2 cm³/mol. The molecular formula is C16H16ClNO3. The molecule has 110 valence electrons. The van der Waals surface area contributed by atoms with Crippen molar-refractivity contribution >= 4 is 23.2 Å². The lowest BCUT2D eigenvalue weighted by Gasteiger charge is -2.15. The van der Waals surface area contributed by atoms with Crippen LogP contribution in [-0.2, 0) is 4.79 Å². The maximum atomic E-state index is 12.1. The zero-order chi connectivity index (χ0) is 15.2. The molecule has 0 bridgehead atoms. The van der Waals surface area contributed by atoms with Crippen molar-refractivity contribution in [3.8, 4) is 11.5 Å². The second-order valence-electron chi connectivity index (χ2n) is 4.44. The average Bonchev–Trinajstić information content (AvgIpc) is 2.49. The number of anilines is 1. The highest BCUT2D eigenvalue weighted by Gasteiger charge is 2.15. The molecule has 0 spiro atoms. The van der Waals surface area contributed by atoms with Gasteiger partial charge in [0, 0.05) is 16.8 Å². The van der Waals surface area contributed by atoms with Crippen molar-refractivity contribution in [2.24, 2.45) is 0 Å². The number of carbonyl (C=O) groups excluding carboxylic acids is 1. The molecule has 0 heterocycles. The average molecular weight is 306 g/mol. The summed E-state index contributed by atoms with van der Waals surface area (Å²) in [5.74, 6) is 1.03. The van der Waals surface area contributed by atoms with Gasteiger partial charge in [0.25, 0.3) is 5.91 Å². The van der Waals surface area contributed by atoms with Gasteiger partial charge in [0.15, 0.2) is 6.10 Å². The molecule has 1 amide bonds. The fraction of sp³-hybridized carbons (Fsp3) is 0.188. The summed E-state index contributed by atoms with van der Waals surface area (Å²) < 4.78 is 10.7. The van der Waals surface area contributed by atoms with Crippen LogP contribution >= 0.6 is 11.6 Å². The molecule has 0 saturated carbocycles. The zero-order valence-corrected chi connectivity index (χ0v) is 12.6. The lowest BCUT2D eigenvalue weighted by Crippen LogP contribution is -2.30. The number of ether oxygens (including phenoxy) is 2. The number of hydrogen-bond acceptors (Lipinski definition) is 3. The van der Waals surface area contributed by atoms with Crippen LogP contribution < -0.4 is 14.8 Å². The first-order valence-electron chi connectivity index (χ1n) is 6.45. The largest absolute Gasteiger partial charge is 0.497 e. The molecule has 2 aromatic rings. The standard InChI is InChI=1S/C16H16ClNO3/c1-11(21-14-8-6-12(17)7-9-14)16(19)18-13-4-3-5-15(10-13)20-2/h3-11H,1-2H3,(H,18,19). The lowest BCUT2D eigenvalue weighted by atomic mass is 10.2. The predicted octanol–water partition coefficient (Wildman–Crippen LogP) is 3.75. The van der Waals surface area contributed by atoms with E-state index in [0.29, 0.717) is 22.2 Å². The van der Waals surface area contributed by atoms with Crippen molar-refractivity contribution in [3.63, 3.8) is 0 Å². The Morgan fingerprint density at radius 1 is 1.14 bits per heavy atom. The fourth-order valence-electron chi connectivity index (χ4n) is 1.72. The molecule has 0 saturated heterocycles. The van der Waals surface area contributed by atoms with E-state index in [1.54, 1.807) is 56.5 Å². The number of methoxy groups -OCH3 is 1. The maximum Gasteiger partial charge on any atom is 0.265 e. The summed E-state index contributed by atoms with van der Waals surface area (Å²) >= 11 is 5.80. The SMILES string of the molecule is COc1cccc(NC(=O)C(C)Oc2ccc(Cl)cc2)c1. The van der Waals surface area contributed by atoms with E-state index in [1.807, 2.05) is 6.07 Å². The highest BCUT2D eigenvalue weighted by Crippen LogP contribution is 2.19. The molecule has 0 aromatic heterocycles. The number of carbonyl (C=O) groups is 1. The third kappa shape index (κ3) is 4.39. The minimum Gasteiger partial charge on any atom is -0.497 e. The topological polar surface area (TPSA) is 47.6 Å². The van der Waals surface area contributed by atoms with Gasteiger partial charge in [-0.15, -0.1) is 0 Å². The number of hydrogen-bond donors (Lipinski definition) is 1. The molecule has 1 atom stereocenters. The van der Waals surface area contributed by atoms with Gasteiger partial charge < -0.3 is 14.8 Å². The van der Waals surface area contributed by atoms with Crippen LogP contribution in [0, 0.1) is 0 Å². The van der Waals surface area contributed by atoms with Crippen molar-refractivity contribution in [1.82, 2.24) is 0 Å². The molecular weight excluding hydrogens is 290 g/mol. The Balaban J connectivity index is 1.97. The van der Waals surface area contributed by atoms with Crippen LogP contribution in [0.25, 0.3) is 0 Å². The quantitative estimate of drug-likeness (QED) is 0.915. The van der Waals surface area contributed by atoms with Gasteiger partial charge in [-0.1, -0.05) is 17.7 Å². The summed E-state index contributed by atoms with van der Waals surface area (Å²) in [6, 6.07) is 14.0. The molecule has 1 unspecified atom stereocenters. The highest BCUT2D eigenvalue weighted by atomic mass is 35.5. The van der Waals surface area contributed by atoms with Gasteiger partial charge in [-0.25, -0.2) is 0 Å². The molecule has 0 aliphatic carbocycles. The second-order valence-corrected chi connectivity index (χ2v) is 4.87. The summed E-state index contributed by atoms with van der Waals surface area (Å²) in [7, 11) is 1.58. The summed E-state index contributed by atoms with van der Waals surface area (Å²) in [6.45, 7) is 1.68. The van der Waals surface area contributed by atoms with E-state index >= 15 is 0 Å². The highest BCUT2D eigenvalue weighted by molar-refractivity contribution is 6.30. The minimum atomic E-state index is -0.627. The van der Waals surface area contributed by atoms with Crippen molar-refractivity contribution in [2.45, 2.75) is 13.0 Å². The molecule has 2 rings (SSSR count). The number of benzene rings is 2. The summed E-state index contributed by atoms with van der Waals surface area (Å²) in [5.41, 5.74) is 0.658. The van der Waals surface area contributed by atoms with Crippen LogP contribution in [0.2, 0.25) is 5.02 Å². The summed E-state index contributed by atoms with van der Waals surface area (Å²) in [4.78, 5) is 12.1. The first-order chi connectivity index (χ1) is 10.1. The minimum absolute atomic E-state index is 0.238. The van der Waals surface area contributed by atoms with E-state index in [1.165, 1.54) is 0 Å². The van der Waals surface area contributed by atoms with Gasteiger partial charge in [0.2, 0.25) is 0 Å². The van der Waals surface area contributed by atoms with E-state index in [2.05, 4.69) is 5.32 Å². The molecule has 0 aliphatic rings. The van der Waals surface area contributed by atoms with Gasteiger partial charge in [-0.3, -0.25) is 4.79 Å².